The Morgan fingerprint density at radius 2 is 1.70 bits per heavy atom. The molecule has 0 bridgehead atoms. The fourth-order valence-electron chi connectivity index (χ4n) is 2.25. The first-order valence-electron chi connectivity index (χ1n) is 7.83. The van der Waals surface area contributed by atoms with Gasteiger partial charge in [0.1, 0.15) is 0 Å². The summed E-state index contributed by atoms with van der Waals surface area (Å²) in [5.41, 5.74) is 8.20. The van der Waals surface area contributed by atoms with E-state index in [-0.39, 0.29) is 11.9 Å². The van der Waals surface area contributed by atoms with Crippen molar-refractivity contribution in [1.82, 2.24) is 4.90 Å². The summed E-state index contributed by atoms with van der Waals surface area (Å²) in [4.78, 5) is 13.9. The molecule has 1 unspecified atom stereocenters. The predicted molar refractivity (Wildman–Crippen MR) is 91.7 cm³/mol. The van der Waals surface area contributed by atoms with E-state index < -0.39 is 0 Å². The number of likely N-dealkylation sites (N-methyl/N-ethyl adjacent to an activating group) is 1. The monoisotopic (exact) mass is 312 g/mol. The van der Waals surface area contributed by atoms with Crippen LogP contribution in [0.1, 0.15) is 23.6 Å². The highest BCUT2D eigenvalue weighted by atomic mass is 16.5. The second kappa shape index (κ2) is 9.08. The maximum atomic E-state index is 12.2. The molecule has 0 saturated heterocycles. The Bertz CT molecular complexity index is 587. The molecule has 2 aromatic rings. The van der Waals surface area contributed by atoms with E-state index in [9.17, 15) is 4.79 Å². The van der Waals surface area contributed by atoms with Gasteiger partial charge in [-0.1, -0.05) is 60.7 Å². The third-order valence-corrected chi connectivity index (χ3v) is 3.73. The van der Waals surface area contributed by atoms with Crippen molar-refractivity contribution in [3.63, 3.8) is 0 Å². The lowest BCUT2D eigenvalue weighted by molar-refractivity contribution is -0.131. The van der Waals surface area contributed by atoms with Crippen molar-refractivity contribution in [2.45, 2.75) is 19.1 Å². The van der Waals surface area contributed by atoms with Gasteiger partial charge in [-0.25, -0.2) is 0 Å². The van der Waals surface area contributed by atoms with Gasteiger partial charge in [-0.15, -0.1) is 0 Å². The minimum Gasteiger partial charge on any atom is -0.375 e. The Labute approximate surface area is 137 Å². The van der Waals surface area contributed by atoms with Crippen LogP contribution in [0, 0.1) is 0 Å². The summed E-state index contributed by atoms with van der Waals surface area (Å²) in [6, 6.07) is 19.4. The van der Waals surface area contributed by atoms with Crippen LogP contribution in [0.15, 0.2) is 60.7 Å². The van der Waals surface area contributed by atoms with Crippen LogP contribution in [-0.2, 0) is 16.1 Å². The largest absolute Gasteiger partial charge is 0.375 e. The molecule has 122 valence electrons. The molecule has 0 fully saturated rings. The van der Waals surface area contributed by atoms with Gasteiger partial charge in [-0.2, -0.15) is 0 Å². The van der Waals surface area contributed by atoms with E-state index in [1.807, 2.05) is 60.7 Å². The molecule has 0 radical (unpaired) electrons. The molecule has 0 aliphatic rings. The van der Waals surface area contributed by atoms with Gasteiger partial charge in [0.2, 0.25) is 5.91 Å². The van der Waals surface area contributed by atoms with Crippen LogP contribution in [0.4, 0.5) is 0 Å². The molecule has 0 aliphatic heterocycles. The second-order valence-corrected chi connectivity index (χ2v) is 5.57. The van der Waals surface area contributed by atoms with Crippen LogP contribution < -0.4 is 5.73 Å². The van der Waals surface area contributed by atoms with E-state index in [0.717, 1.165) is 11.1 Å². The highest BCUT2D eigenvalue weighted by Gasteiger charge is 2.14. The number of hydrogen-bond acceptors (Lipinski definition) is 3. The zero-order valence-corrected chi connectivity index (χ0v) is 13.5. The number of amides is 1. The van der Waals surface area contributed by atoms with Crippen molar-refractivity contribution >= 4 is 5.91 Å². The predicted octanol–water partition coefficient (Wildman–Crippen LogP) is 2.75. The maximum Gasteiger partial charge on any atom is 0.224 e. The summed E-state index contributed by atoms with van der Waals surface area (Å²) in [6.45, 7) is 1.64. The minimum absolute atomic E-state index is 0.0321. The van der Waals surface area contributed by atoms with Gasteiger partial charge in [0.25, 0.3) is 0 Å². The van der Waals surface area contributed by atoms with Crippen molar-refractivity contribution in [2.24, 2.45) is 5.73 Å². The topological polar surface area (TPSA) is 55.6 Å². The summed E-state index contributed by atoms with van der Waals surface area (Å²) >= 11 is 0. The molecular formula is C19H24N2O2. The highest BCUT2D eigenvalue weighted by Crippen LogP contribution is 2.14. The summed E-state index contributed by atoms with van der Waals surface area (Å²) < 4.78 is 5.60. The normalized spacial score (nSPS) is 11.9. The Morgan fingerprint density at radius 3 is 2.35 bits per heavy atom. The number of rotatable bonds is 8. The Morgan fingerprint density at radius 1 is 1.09 bits per heavy atom. The van der Waals surface area contributed by atoms with Gasteiger partial charge in [0.15, 0.2) is 0 Å². The second-order valence-electron chi connectivity index (χ2n) is 5.57. The first kappa shape index (κ1) is 17.2. The summed E-state index contributed by atoms with van der Waals surface area (Å²) in [6.07, 6.45) is 0.305. The van der Waals surface area contributed by atoms with Crippen LogP contribution in [0.25, 0.3) is 0 Å². The van der Waals surface area contributed by atoms with Crippen LogP contribution in [0.2, 0.25) is 0 Å². The van der Waals surface area contributed by atoms with Gasteiger partial charge < -0.3 is 15.4 Å². The van der Waals surface area contributed by atoms with Crippen molar-refractivity contribution in [3.05, 3.63) is 71.8 Å². The zero-order chi connectivity index (χ0) is 16.5. The molecule has 2 rings (SSSR count). The summed E-state index contributed by atoms with van der Waals surface area (Å²) in [5, 5.41) is 0. The van der Waals surface area contributed by atoms with Gasteiger partial charge in [-0.05, 0) is 11.1 Å². The highest BCUT2D eigenvalue weighted by molar-refractivity contribution is 5.76. The molecule has 0 saturated carbocycles. The quantitative estimate of drug-likeness (QED) is 0.763. The summed E-state index contributed by atoms with van der Waals surface area (Å²) in [5.74, 6) is 0.0321. The van der Waals surface area contributed by atoms with Gasteiger partial charge in [0.05, 0.1) is 13.2 Å². The third kappa shape index (κ3) is 5.85. The lowest BCUT2D eigenvalue weighted by Gasteiger charge is -2.20. The van der Waals surface area contributed by atoms with E-state index in [2.05, 4.69) is 0 Å². The fraction of sp³-hybridized carbons (Fsp3) is 0.316. The molecular weight excluding hydrogens is 288 g/mol. The lowest BCUT2D eigenvalue weighted by atomic mass is 10.0. The SMILES string of the molecule is CN(CCOCc1ccccc1)C(=O)CC(N)c1ccccc1. The molecule has 2 aromatic carbocycles. The number of ether oxygens (including phenoxy) is 1. The van der Waals surface area contributed by atoms with E-state index in [4.69, 9.17) is 10.5 Å². The van der Waals surface area contributed by atoms with E-state index in [1.165, 1.54) is 0 Å². The number of nitrogens with zero attached hydrogens (tertiary/aromatic N) is 1. The van der Waals surface area contributed by atoms with Crippen LogP contribution >= 0.6 is 0 Å². The molecule has 4 heteroatoms. The maximum absolute atomic E-state index is 12.2. The molecule has 0 aliphatic carbocycles. The van der Waals surface area contributed by atoms with Crippen molar-refractivity contribution in [2.75, 3.05) is 20.2 Å². The Hall–Kier alpha value is -2.17. The van der Waals surface area contributed by atoms with Crippen molar-refractivity contribution in [3.8, 4) is 0 Å². The molecule has 1 atom stereocenters. The molecule has 1 amide bonds. The zero-order valence-electron chi connectivity index (χ0n) is 13.5. The van der Waals surface area contributed by atoms with Gasteiger partial charge in [0, 0.05) is 26.1 Å². The number of nitrogens with two attached hydrogens (primary N) is 1. The average molecular weight is 312 g/mol. The Balaban J connectivity index is 1.68. The van der Waals surface area contributed by atoms with Crippen LogP contribution in [0.5, 0.6) is 0 Å². The van der Waals surface area contributed by atoms with Crippen LogP contribution in [-0.4, -0.2) is 31.0 Å². The van der Waals surface area contributed by atoms with E-state index in [1.54, 1.807) is 11.9 Å². The first-order chi connectivity index (χ1) is 11.2. The lowest BCUT2D eigenvalue weighted by Crippen LogP contribution is -2.32. The number of carbonyl (C=O) groups excluding carboxylic acids is 1. The van der Waals surface area contributed by atoms with E-state index in [0.29, 0.717) is 26.2 Å². The molecule has 23 heavy (non-hydrogen) atoms. The summed E-state index contributed by atoms with van der Waals surface area (Å²) in [7, 11) is 1.78. The van der Waals surface area contributed by atoms with E-state index >= 15 is 0 Å². The standard InChI is InChI=1S/C19H24N2O2/c1-21(12-13-23-15-16-8-4-2-5-9-16)19(22)14-18(20)17-10-6-3-7-11-17/h2-11,18H,12-15,20H2,1H3. The molecule has 0 heterocycles. The number of hydrogen-bond donors (Lipinski definition) is 1. The first-order valence-corrected chi connectivity index (χ1v) is 7.83. The van der Waals surface area contributed by atoms with Crippen molar-refractivity contribution < 1.29 is 9.53 Å². The van der Waals surface area contributed by atoms with Gasteiger partial charge >= 0.3 is 0 Å². The van der Waals surface area contributed by atoms with Gasteiger partial charge in [-0.3, -0.25) is 4.79 Å². The molecule has 0 aromatic heterocycles. The van der Waals surface area contributed by atoms with Crippen LogP contribution in [0.3, 0.4) is 0 Å². The molecule has 4 nitrogen and oxygen atoms in total. The molecule has 0 spiro atoms. The fourth-order valence-corrected chi connectivity index (χ4v) is 2.25. The molecule has 2 N–H and O–H groups in total. The minimum atomic E-state index is -0.267. The average Bonchev–Trinajstić information content (AvgIpc) is 2.60. The van der Waals surface area contributed by atoms with Crippen molar-refractivity contribution in [1.29, 1.82) is 0 Å². The Kier molecular flexibility index (Phi) is 6.78. The third-order valence-electron chi connectivity index (χ3n) is 3.73. The smallest absolute Gasteiger partial charge is 0.224 e. The number of carbonyl (C=O) groups is 1. The number of benzene rings is 2.